The molecule has 0 aromatic heterocycles. The van der Waals surface area contributed by atoms with E-state index in [-0.39, 0.29) is 0 Å². The smallest absolute Gasteiger partial charge is 0.118 e. The van der Waals surface area contributed by atoms with Crippen LogP contribution in [0.25, 0.3) is 0 Å². The third-order valence-corrected chi connectivity index (χ3v) is 7.40. The van der Waals surface area contributed by atoms with Gasteiger partial charge in [-0.1, -0.05) is 12.1 Å². The molecule has 2 fully saturated rings. The van der Waals surface area contributed by atoms with Crippen molar-refractivity contribution < 1.29 is 9.47 Å². The van der Waals surface area contributed by atoms with Gasteiger partial charge in [0.15, 0.2) is 0 Å². The first-order valence-electron chi connectivity index (χ1n) is 7.32. The molecule has 2 heterocycles. The summed E-state index contributed by atoms with van der Waals surface area (Å²) in [6.07, 6.45) is 5.50. The van der Waals surface area contributed by atoms with Crippen LogP contribution in [0.4, 0.5) is 0 Å². The Bertz CT molecular complexity index is 423. The van der Waals surface area contributed by atoms with Crippen LogP contribution in [-0.2, 0) is 11.2 Å². The van der Waals surface area contributed by atoms with E-state index < -0.39 is 0 Å². The van der Waals surface area contributed by atoms with Crippen LogP contribution in [0, 0.1) is 0 Å². The highest BCUT2D eigenvalue weighted by molar-refractivity contribution is 8.18. The first kappa shape index (κ1) is 14.6. The Labute approximate surface area is 130 Å². The molecule has 2 nitrogen and oxygen atoms in total. The number of epoxide rings is 1. The molecule has 1 atom stereocenters. The van der Waals surface area contributed by atoms with E-state index in [0.29, 0.717) is 10.2 Å². The van der Waals surface area contributed by atoms with Crippen molar-refractivity contribution in [3.63, 3.8) is 0 Å². The lowest BCUT2D eigenvalue weighted by atomic mass is 10.1. The highest BCUT2D eigenvalue weighted by Crippen LogP contribution is 2.50. The first-order valence-corrected chi connectivity index (χ1v) is 9.29. The second-order valence-electron chi connectivity index (χ2n) is 5.47. The predicted octanol–water partition coefficient (Wildman–Crippen LogP) is 3.98. The van der Waals surface area contributed by atoms with Gasteiger partial charge in [0.1, 0.15) is 5.75 Å². The number of methoxy groups -OCH3 is 1. The predicted molar refractivity (Wildman–Crippen MR) is 87.9 cm³/mol. The quantitative estimate of drug-likeness (QED) is 0.741. The minimum Gasteiger partial charge on any atom is -0.497 e. The first-order chi connectivity index (χ1) is 9.80. The summed E-state index contributed by atoms with van der Waals surface area (Å²) in [5.41, 5.74) is 1.41. The van der Waals surface area contributed by atoms with Gasteiger partial charge in [0, 0.05) is 0 Å². The molecule has 2 aliphatic heterocycles. The molecule has 4 heteroatoms. The van der Waals surface area contributed by atoms with Crippen LogP contribution in [0.15, 0.2) is 24.3 Å². The van der Waals surface area contributed by atoms with Gasteiger partial charge in [-0.05, 0) is 54.9 Å². The topological polar surface area (TPSA) is 21.8 Å². The van der Waals surface area contributed by atoms with Crippen LogP contribution in [0.3, 0.4) is 0 Å². The van der Waals surface area contributed by atoms with Crippen molar-refractivity contribution >= 4 is 23.5 Å². The van der Waals surface area contributed by atoms with E-state index in [2.05, 4.69) is 47.8 Å². The summed E-state index contributed by atoms with van der Waals surface area (Å²) < 4.78 is 11.1. The maximum absolute atomic E-state index is 5.48. The van der Waals surface area contributed by atoms with Crippen LogP contribution in [0.2, 0.25) is 0 Å². The molecular formula is C16H22O2S2. The largest absolute Gasteiger partial charge is 0.497 e. The van der Waals surface area contributed by atoms with Crippen LogP contribution in [0.5, 0.6) is 5.75 Å². The van der Waals surface area contributed by atoms with Gasteiger partial charge in [-0.25, -0.2) is 0 Å². The van der Waals surface area contributed by atoms with E-state index in [1.54, 1.807) is 7.11 Å². The minimum absolute atomic E-state index is 0.388. The Morgan fingerprint density at radius 2 is 1.95 bits per heavy atom. The van der Waals surface area contributed by atoms with Crippen molar-refractivity contribution in [2.75, 3.05) is 25.2 Å². The summed E-state index contributed by atoms with van der Waals surface area (Å²) >= 11 is 4.33. The van der Waals surface area contributed by atoms with Gasteiger partial charge in [-0.2, -0.15) is 0 Å². The molecule has 0 bridgehead atoms. The lowest BCUT2D eigenvalue weighted by molar-refractivity contribution is 0.386. The molecule has 2 saturated heterocycles. The molecule has 1 unspecified atom stereocenters. The fourth-order valence-corrected chi connectivity index (χ4v) is 6.08. The van der Waals surface area contributed by atoms with E-state index in [1.807, 2.05) is 0 Å². The van der Waals surface area contributed by atoms with Crippen LogP contribution < -0.4 is 4.74 Å². The number of aryl methyl sites for hydroxylation is 1. The van der Waals surface area contributed by atoms with Gasteiger partial charge in [0.2, 0.25) is 0 Å². The molecule has 110 valence electrons. The van der Waals surface area contributed by atoms with Gasteiger partial charge < -0.3 is 9.47 Å². The molecule has 3 rings (SSSR count). The maximum atomic E-state index is 5.48. The maximum Gasteiger partial charge on any atom is 0.118 e. The normalized spacial score (nSPS) is 24.4. The van der Waals surface area contributed by atoms with Crippen molar-refractivity contribution in [1.82, 2.24) is 0 Å². The molecule has 20 heavy (non-hydrogen) atoms. The van der Waals surface area contributed by atoms with E-state index in [4.69, 9.17) is 9.47 Å². The number of thioether (sulfide) groups is 2. The number of ether oxygens (including phenoxy) is 2. The second kappa shape index (κ2) is 6.63. The van der Waals surface area contributed by atoms with Crippen molar-refractivity contribution in [3.8, 4) is 5.75 Å². The fraction of sp³-hybridized carbons (Fsp3) is 0.625. The van der Waals surface area contributed by atoms with Crippen molar-refractivity contribution in [2.45, 2.75) is 35.9 Å². The molecule has 0 saturated carbocycles. The number of hydrogen-bond acceptors (Lipinski definition) is 4. The van der Waals surface area contributed by atoms with Gasteiger partial charge in [0.25, 0.3) is 0 Å². The van der Waals surface area contributed by atoms with Gasteiger partial charge in [0.05, 0.1) is 23.9 Å². The van der Waals surface area contributed by atoms with E-state index in [0.717, 1.165) is 18.8 Å². The zero-order valence-corrected chi connectivity index (χ0v) is 13.6. The molecule has 1 aromatic rings. The third-order valence-electron chi connectivity index (χ3n) is 3.91. The zero-order valence-electron chi connectivity index (χ0n) is 12.0. The summed E-state index contributed by atoms with van der Waals surface area (Å²) in [7, 11) is 1.72. The minimum atomic E-state index is 0.388. The zero-order chi connectivity index (χ0) is 13.8. The van der Waals surface area contributed by atoms with Crippen LogP contribution >= 0.6 is 23.5 Å². The second-order valence-corrected chi connectivity index (χ2v) is 8.68. The highest BCUT2D eigenvalue weighted by atomic mass is 32.2. The van der Waals surface area contributed by atoms with Crippen molar-refractivity contribution in [3.05, 3.63) is 29.8 Å². The van der Waals surface area contributed by atoms with Gasteiger partial charge >= 0.3 is 0 Å². The summed E-state index contributed by atoms with van der Waals surface area (Å²) in [5, 5.41) is 0. The molecule has 2 aliphatic rings. The lowest BCUT2D eigenvalue weighted by Gasteiger charge is -2.36. The molecule has 0 aliphatic carbocycles. The number of rotatable bonds is 6. The molecule has 1 aromatic carbocycles. The molecular weight excluding hydrogens is 288 g/mol. The Balaban J connectivity index is 1.60. The van der Waals surface area contributed by atoms with E-state index >= 15 is 0 Å². The van der Waals surface area contributed by atoms with Gasteiger partial charge in [-0.3, -0.25) is 0 Å². The third kappa shape index (κ3) is 3.86. The molecule has 0 spiro atoms. The molecule has 0 N–H and O–H groups in total. The molecule has 0 amide bonds. The summed E-state index contributed by atoms with van der Waals surface area (Å²) in [6.45, 7) is 0.978. The monoisotopic (exact) mass is 310 g/mol. The van der Waals surface area contributed by atoms with Crippen molar-refractivity contribution in [2.24, 2.45) is 0 Å². The fourth-order valence-electron chi connectivity index (χ4n) is 2.64. The summed E-state index contributed by atoms with van der Waals surface area (Å²) in [6, 6.07) is 8.51. The highest BCUT2D eigenvalue weighted by Gasteiger charge is 2.39. The Kier molecular flexibility index (Phi) is 4.84. The Morgan fingerprint density at radius 1 is 1.25 bits per heavy atom. The Morgan fingerprint density at radius 3 is 2.55 bits per heavy atom. The van der Waals surface area contributed by atoms with E-state index in [1.165, 1.54) is 36.3 Å². The van der Waals surface area contributed by atoms with Gasteiger partial charge in [-0.15, -0.1) is 23.5 Å². The number of hydrogen-bond donors (Lipinski definition) is 0. The lowest BCUT2D eigenvalue weighted by Crippen LogP contribution is -2.28. The molecule has 0 radical (unpaired) electrons. The number of benzene rings is 1. The standard InChI is InChI=1S/C16H22O2S2/c1-17-14-5-3-13(4-6-14)7-8-16(11-15-12-18-15)19-9-2-10-20-16/h3-6,15H,2,7-12H2,1H3. The summed E-state index contributed by atoms with van der Waals surface area (Å²) in [4.78, 5) is 0. The average Bonchev–Trinajstić information content (AvgIpc) is 3.30. The average molecular weight is 310 g/mol. The SMILES string of the molecule is COc1ccc(CCC2(CC3CO3)SCCCS2)cc1. The van der Waals surface area contributed by atoms with Crippen LogP contribution in [0.1, 0.15) is 24.8 Å². The van der Waals surface area contributed by atoms with Crippen molar-refractivity contribution in [1.29, 1.82) is 0 Å². The summed E-state index contributed by atoms with van der Waals surface area (Å²) in [5.74, 6) is 3.56. The van der Waals surface area contributed by atoms with E-state index in [9.17, 15) is 0 Å². The van der Waals surface area contributed by atoms with Crippen LogP contribution in [-0.4, -0.2) is 35.4 Å². The Hall–Kier alpha value is -0.320.